The van der Waals surface area contributed by atoms with E-state index in [-0.39, 0.29) is 11.2 Å². The minimum Gasteiger partial charge on any atom is -0.352 e. The molecule has 3 atom stereocenters. The number of benzene rings is 1. The standard InChI is InChI=1S/C20H24N2OS2/c1-13-4-6-17(7-5-13)24-18-12-22(20(25-18)15(3)23)19-14(2)21-10-8-16(19)9-11-21/h1,4-7,12,14,16,19-20H,8-11H2,2-3H3/t14-,19-,20?/m0/s1. The summed E-state index contributed by atoms with van der Waals surface area (Å²) in [6.07, 6.45) is 4.75. The maximum atomic E-state index is 12.3. The van der Waals surface area contributed by atoms with Gasteiger partial charge in [0.05, 0.1) is 4.24 Å². The molecular weight excluding hydrogens is 348 g/mol. The molecule has 2 radical (unpaired) electrons. The molecule has 5 rings (SSSR count). The number of nitrogens with zero attached hydrogens (tertiary/aromatic N) is 2. The molecule has 1 unspecified atom stereocenters. The maximum absolute atomic E-state index is 12.3. The van der Waals surface area contributed by atoms with E-state index in [9.17, 15) is 4.79 Å². The lowest BCUT2D eigenvalue weighted by atomic mass is 9.78. The van der Waals surface area contributed by atoms with Crippen LogP contribution in [0.5, 0.6) is 0 Å². The molecule has 3 saturated heterocycles. The minimum atomic E-state index is -0.0794. The normalized spacial score (nSPS) is 34.3. The van der Waals surface area contributed by atoms with Crippen LogP contribution in [0, 0.1) is 12.8 Å². The summed E-state index contributed by atoms with van der Waals surface area (Å²) in [6.45, 7) is 12.3. The number of fused-ring (bicyclic) bond motifs is 3. The predicted molar refractivity (Wildman–Crippen MR) is 105 cm³/mol. The third-order valence-electron chi connectivity index (χ3n) is 5.67. The monoisotopic (exact) mass is 372 g/mol. The minimum absolute atomic E-state index is 0.0794. The highest BCUT2D eigenvalue weighted by molar-refractivity contribution is 8.23. The number of piperidine rings is 3. The van der Waals surface area contributed by atoms with Crippen LogP contribution in [0.1, 0.15) is 32.3 Å². The lowest BCUT2D eigenvalue weighted by Crippen LogP contribution is -2.62. The van der Waals surface area contributed by atoms with Crippen LogP contribution in [-0.4, -0.2) is 46.1 Å². The number of ketones is 1. The maximum Gasteiger partial charge on any atom is 0.162 e. The summed E-state index contributed by atoms with van der Waals surface area (Å²) < 4.78 is 1.20. The van der Waals surface area contributed by atoms with Crippen LogP contribution < -0.4 is 0 Å². The molecular formula is C20H24N2OS2. The van der Waals surface area contributed by atoms with Crippen LogP contribution in [0.2, 0.25) is 0 Å². The highest BCUT2D eigenvalue weighted by Gasteiger charge is 2.46. The van der Waals surface area contributed by atoms with Crippen LogP contribution in [0.4, 0.5) is 0 Å². The van der Waals surface area contributed by atoms with Crippen molar-refractivity contribution in [2.45, 2.75) is 49.0 Å². The Morgan fingerprint density at radius 3 is 2.52 bits per heavy atom. The molecule has 3 fully saturated rings. The molecule has 2 bridgehead atoms. The van der Waals surface area contributed by atoms with Crippen molar-refractivity contribution in [2.24, 2.45) is 5.92 Å². The molecule has 0 amide bonds. The number of thioether (sulfide) groups is 2. The average Bonchev–Trinajstić information content (AvgIpc) is 3.02. The lowest BCUT2D eigenvalue weighted by molar-refractivity contribution is -0.120. The van der Waals surface area contributed by atoms with Gasteiger partial charge in [-0.15, -0.1) is 0 Å². The Bertz CT molecular complexity index is 677. The third-order valence-corrected chi connectivity index (χ3v) is 8.16. The summed E-state index contributed by atoms with van der Waals surface area (Å²) in [5.41, 5.74) is 0.779. The summed E-state index contributed by atoms with van der Waals surface area (Å²) in [6, 6.07) is 8.92. The molecule has 0 N–H and O–H groups in total. The van der Waals surface area contributed by atoms with E-state index in [0.29, 0.717) is 18.0 Å². The molecule has 1 aromatic rings. The average molecular weight is 373 g/mol. The second-order valence-electron chi connectivity index (χ2n) is 7.25. The second-order valence-corrected chi connectivity index (χ2v) is 9.75. The molecule has 4 heterocycles. The molecule has 4 aliphatic rings. The van der Waals surface area contributed by atoms with Gasteiger partial charge < -0.3 is 4.90 Å². The van der Waals surface area contributed by atoms with Crippen LogP contribution >= 0.6 is 23.5 Å². The van der Waals surface area contributed by atoms with E-state index in [1.807, 2.05) is 24.3 Å². The highest BCUT2D eigenvalue weighted by Crippen LogP contribution is 2.47. The molecule has 5 heteroatoms. The number of carbonyl (C=O) groups excluding carboxylic acids is 1. The summed E-state index contributed by atoms with van der Waals surface area (Å²) in [7, 11) is 0. The summed E-state index contributed by atoms with van der Waals surface area (Å²) in [4.78, 5) is 18.4. The van der Waals surface area contributed by atoms with E-state index in [4.69, 9.17) is 6.92 Å². The molecule has 0 aliphatic carbocycles. The first-order valence-corrected chi connectivity index (χ1v) is 10.7. The summed E-state index contributed by atoms with van der Waals surface area (Å²) in [5, 5.41) is -0.0794. The first-order valence-electron chi connectivity index (χ1n) is 8.97. The fourth-order valence-corrected chi connectivity index (χ4v) is 6.72. The van der Waals surface area contributed by atoms with Gasteiger partial charge in [-0.25, -0.2) is 0 Å². The SMILES string of the molecule is [CH]c1ccc(SC2=CN([C@@H]3C4CCN(CC4)[C@H]3C)C(C(C)=O)S2)cc1. The van der Waals surface area contributed by atoms with E-state index < -0.39 is 0 Å². The molecule has 4 aliphatic heterocycles. The van der Waals surface area contributed by atoms with Crippen LogP contribution in [0.25, 0.3) is 0 Å². The smallest absolute Gasteiger partial charge is 0.162 e. The van der Waals surface area contributed by atoms with Crippen molar-refractivity contribution in [3.8, 4) is 0 Å². The largest absolute Gasteiger partial charge is 0.352 e. The Hall–Kier alpha value is -0.910. The van der Waals surface area contributed by atoms with Gasteiger partial charge in [-0.1, -0.05) is 35.7 Å². The zero-order valence-corrected chi connectivity index (χ0v) is 16.4. The van der Waals surface area contributed by atoms with Crippen LogP contribution in [-0.2, 0) is 4.79 Å². The van der Waals surface area contributed by atoms with E-state index in [2.05, 4.69) is 22.9 Å². The Kier molecular flexibility index (Phi) is 4.91. The van der Waals surface area contributed by atoms with Gasteiger partial charge in [0.1, 0.15) is 5.37 Å². The first kappa shape index (κ1) is 17.5. The van der Waals surface area contributed by atoms with Gasteiger partial charge >= 0.3 is 0 Å². The number of Topliss-reactive ketones (excluding diaryl/α,β-unsaturated/α-hetero) is 1. The Balaban J connectivity index is 1.57. The zero-order chi connectivity index (χ0) is 17.6. The Morgan fingerprint density at radius 2 is 1.92 bits per heavy atom. The van der Waals surface area contributed by atoms with Gasteiger partial charge in [-0.3, -0.25) is 9.69 Å². The lowest BCUT2D eigenvalue weighted by Gasteiger charge is -2.53. The fourth-order valence-electron chi connectivity index (χ4n) is 4.40. The molecule has 0 spiro atoms. The molecule has 1 aromatic carbocycles. The molecule has 0 saturated carbocycles. The molecule has 25 heavy (non-hydrogen) atoms. The van der Waals surface area contributed by atoms with Gasteiger partial charge in [0.2, 0.25) is 0 Å². The van der Waals surface area contributed by atoms with Crippen molar-refractivity contribution in [1.29, 1.82) is 0 Å². The van der Waals surface area contributed by atoms with Crippen LogP contribution in [0.3, 0.4) is 0 Å². The zero-order valence-electron chi connectivity index (χ0n) is 14.7. The van der Waals surface area contributed by atoms with Gasteiger partial charge in [-0.05, 0) is 70.3 Å². The van der Waals surface area contributed by atoms with Crippen molar-refractivity contribution < 1.29 is 4.79 Å². The topological polar surface area (TPSA) is 23.6 Å². The highest BCUT2D eigenvalue weighted by atomic mass is 32.2. The van der Waals surface area contributed by atoms with E-state index in [0.717, 1.165) is 5.56 Å². The predicted octanol–water partition coefficient (Wildman–Crippen LogP) is 4.08. The van der Waals surface area contributed by atoms with Crippen molar-refractivity contribution >= 4 is 29.3 Å². The van der Waals surface area contributed by atoms with Crippen molar-refractivity contribution in [2.75, 3.05) is 13.1 Å². The van der Waals surface area contributed by atoms with Crippen molar-refractivity contribution in [1.82, 2.24) is 9.80 Å². The molecule has 3 nitrogen and oxygen atoms in total. The summed E-state index contributed by atoms with van der Waals surface area (Å²) in [5.74, 6) is 0.956. The molecule has 0 aromatic heterocycles. The van der Waals surface area contributed by atoms with Crippen molar-refractivity contribution in [3.05, 3.63) is 47.2 Å². The number of rotatable bonds is 4. The van der Waals surface area contributed by atoms with E-state index >= 15 is 0 Å². The van der Waals surface area contributed by atoms with Gasteiger partial charge in [0.15, 0.2) is 5.78 Å². The quantitative estimate of drug-likeness (QED) is 0.792. The number of hydrogen-bond acceptors (Lipinski definition) is 5. The van der Waals surface area contributed by atoms with Crippen LogP contribution in [0.15, 0.2) is 39.6 Å². The second kappa shape index (κ2) is 7.01. The first-order chi connectivity index (χ1) is 12.0. The van der Waals surface area contributed by atoms with E-state index in [1.54, 1.807) is 30.4 Å². The van der Waals surface area contributed by atoms with Gasteiger partial charge in [0, 0.05) is 23.2 Å². The fraction of sp³-hybridized carbons (Fsp3) is 0.500. The number of hydrogen-bond donors (Lipinski definition) is 0. The Labute approximate surface area is 159 Å². The Morgan fingerprint density at radius 1 is 1.24 bits per heavy atom. The van der Waals surface area contributed by atoms with E-state index in [1.165, 1.54) is 35.1 Å². The van der Waals surface area contributed by atoms with Crippen molar-refractivity contribution in [3.63, 3.8) is 0 Å². The van der Waals surface area contributed by atoms with Gasteiger partial charge in [0.25, 0.3) is 0 Å². The third kappa shape index (κ3) is 3.38. The van der Waals surface area contributed by atoms with Gasteiger partial charge in [-0.2, -0.15) is 0 Å². The molecule has 132 valence electrons. The number of carbonyl (C=O) groups is 1. The summed E-state index contributed by atoms with van der Waals surface area (Å²) >= 11 is 3.43.